The Morgan fingerprint density at radius 2 is 0.500 bits per heavy atom. The summed E-state index contributed by atoms with van der Waals surface area (Å²) >= 11 is 0. The van der Waals surface area contributed by atoms with Gasteiger partial charge in [-0.2, -0.15) is 0 Å². The third-order valence-electron chi connectivity index (χ3n) is 18.5. The molecule has 0 bridgehead atoms. The molecule has 7 atom stereocenters. The summed E-state index contributed by atoms with van der Waals surface area (Å²) in [5.74, 6) is 0.971. The molecule has 17 nitrogen and oxygen atoms in total. The molecule has 0 saturated heterocycles. The molecule has 0 heterocycles. The van der Waals surface area contributed by atoms with Crippen LogP contribution < -0.4 is 0 Å². The minimum atomic E-state index is -4.96. The molecule has 96 heavy (non-hydrogen) atoms. The van der Waals surface area contributed by atoms with E-state index in [0.717, 1.165) is 114 Å². The zero-order chi connectivity index (χ0) is 71.0. The summed E-state index contributed by atoms with van der Waals surface area (Å²) < 4.78 is 68.5. The highest BCUT2D eigenvalue weighted by Gasteiger charge is 2.30. The van der Waals surface area contributed by atoms with Gasteiger partial charge in [-0.3, -0.25) is 37.3 Å². The van der Waals surface area contributed by atoms with E-state index in [1.165, 1.54) is 193 Å². The monoisotopic (exact) mass is 1410 g/mol. The Morgan fingerprint density at radius 3 is 0.740 bits per heavy atom. The number of phosphoric ester groups is 2. The van der Waals surface area contributed by atoms with Gasteiger partial charge >= 0.3 is 39.5 Å². The highest BCUT2D eigenvalue weighted by Crippen LogP contribution is 2.45. The van der Waals surface area contributed by atoms with Crippen LogP contribution in [0.1, 0.15) is 389 Å². The molecule has 19 heteroatoms. The number of unbranched alkanes of at least 4 members (excludes halogenated alkanes) is 38. The first kappa shape index (κ1) is 94.1. The number of hydrogen-bond donors (Lipinski definition) is 3. The van der Waals surface area contributed by atoms with Gasteiger partial charge in [0.1, 0.15) is 19.3 Å². The van der Waals surface area contributed by atoms with Crippen molar-refractivity contribution in [3.8, 4) is 0 Å². The standard InChI is InChI=1S/C77H150O17P2/c1-9-69(7)55-47-39-31-24-27-34-42-50-58-75(80)88-63-72(93-76(81)59-51-43-35-22-20-18-16-14-12-11-13-15-17-19-21-29-37-45-53-67(3)4)65-91-95(83,84)89-61-71(78)62-90-96(85,86)92-66-73(64-87-74(79)57-49-41-33-26-23-30-38-46-54-68(5)6)94-77(82)60-52-44-36-28-25-32-40-48-56-70(8)10-2/h67-73,78H,9-66H2,1-8H3,(H,83,84)(H,85,86)/t69?,70?,71?,72-,73-/m1/s1. The van der Waals surface area contributed by atoms with Gasteiger partial charge in [0.2, 0.25) is 0 Å². The van der Waals surface area contributed by atoms with Crippen LogP contribution >= 0.6 is 15.6 Å². The molecule has 0 rings (SSSR count). The topological polar surface area (TPSA) is 237 Å². The maximum atomic E-state index is 13.1. The Balaban J connectivity index is 5.22. The molecule has 0 saturated carbocycles. The first-order valence-electron chi connectivity index (χ1n) is 39.8. The average molecular weight is 1410 g/mol. The van der Waals surface area contributed by atoms with Crippen molar-refractivity contribution in [2.45, 2.75) is 408 Å². The number of rotatable bonds is 74. The second kappa shape index (κ2) is 66.3. The molecular weight excluding hydrogens is 1260 g/mol. The average Bonchev–Trinajstić information content (AvgIpc) is 1.34. The molecule has 0 aliphatic heterocycles. The predicted octanol–water partition coefficient (Wildman–Crippen LogP) is 22.4. The summed E-state index contributed by atoms with van der Waals surface area (Å²) in [5.41, 5.74) is 0. The van der Waals surface area contributed by atoms with E-state index in [9.17, 15) is 43.2 Å². The highest BCUT2D eigenvalue weighted by atomic mass is 31.2. The lowest BCUT2D eigenvalue weighted by molar-refractivity contribution is -0.161. The third-order valence-corrected chi connectivity index (χ3v) is 20.4. The predicted molar refractivity (Wildman–Crippen MR) is 391 cm³/mol. The summed E-state index contributed by atoms with van der Waals surface area (Å²) in [6.45, 7) is 14.2. The molecule has 0 aromatic heterocycles. The van der Waals surface area contributed by atoms with Crippen LogP contribution in [0.4, 0.5) is 0 Å². The normalized spacial score (nSPS) is 14.7. The smallest absolute Gasteiger partial charge is 0.462 e. The number of aliphatic hydroxyl groups is 1. The molecule has 0 aliphatic carbocycles. The molecule has 0 spiro atoms. The van der Waals surface area contributed by atoms with Crippen LogP contribution in [-0.2, 0) is 65.4 Å². The highest BCUT2D eigenvalue weighted by molar-refractivity contribution is 7.47. The molecule has 5 unspecified atom stereocenters. The number of carbonyl (C=O) groups excluding carboxylic acids is 4. The van der Waals surface area contributed by atoms with Crippen molar-refractivity contribution in [1.82, 2.24) is 0 Å². The summed E-state index contributed by atoms with van der Waals surface area (Å²) in [4.78, 5) is 72.8. The molecular formula is C77H150O17P2. The number of phosphoric acid groups is 2. The number of ether oxygens (including phenoxy) is 4. The van der Waals surface area contributed by atoms with Crippen LogP contribution in [0.3, 0.4) is 0 Å². The van der Waals surface area contributed by atoms with Gasteiger partial charge in [0.05, 0.1) is 26.4 Å². The van der Waals surface area contributed by atoms with E-state index in [-0.39, 0.29) is 25.7 Å². The van der Waals surface area contributed by atoms with Crippen molar-refractivity contribution in [3.05, 3.63) is 0 Å². The number of carbonyl (C=O) groups is 4. The largest absolute Gasteiger partial charge is 0.472 e. The Labute approximate surface area is 588 Å². The first-order valence-corrected chi connectivity index (χ1v) is 42.8. The van der Waals surface area contributed by atoms with Gasteiger partial charge in [0, 0.05) is 25.7 Å². The lowest BCUT2D eigenvalue weighted by Gasteiger charge is -2.21. The van der Waals surface area contributed by atoms with Crippen molar-refractivity contribution < 1.29 is 80.2 Å². The van der Waals surface area contributed by atoms with Crippen LogP contribution in [0.2, 0.25) is 0 Å². The summed E-state index contributed by atoms with van der Waals surface area (Å²) in [6, 6.07) is 0. The van der Waals surface area contributed by atoms with E-state index >= 15 is 0 Å². The molecule has 0 amide bonds. The molecule has 0 radical (unpaired) electrons. The molecule has 0 aliphatic rings. The maximum Gasteiger partial charge on any atom is 0.472 e. The van der Waals surface area contributed by atoms with Gasteiger partial charge in [0.25, 0.3) is 0 Å². The van der Waals surface area contributed by atoms with E-state index in [2.05, 4.69) is 55.4 Å². The van der Waals surface area contributed by atoms with Crippen molar-refractivity contribution >= 4 is 39.5 Å². The fraction of sp³-hybridized carbons (Fsp3) is 0.948. The molecule has 0 fully saturated rings. The molecule has 0 aromatic rings. The maximum absolute atomic E-state index is 13.1. The summed E-state index contributed by atoms with van der Waals surface area (Å²) in [6.07, 6.45) is 51.4. The molecule has 3 N–H and O–H groups in total. The van der Waals surface area contributed by atoms with Gasteiger partial charge in [0.15, 0.2) is 12.2 Å². The van der Waals surface area contributed by atoms with Gasteiger partial charge in [-0.15, -0.1) is 0 Å². The van der Waals surface area contributed by atoms with Gasteiger partial charge in [-0.25, -0.2) is 9.13 Å². The van der Waals surface area contributed by atoms with Gasteiger partial charge in [-0.1, -0.05) is 338 Å². The van der Waals surface area contributed by atoms with Crippen molar-refractivity contribution in [1.29, 1.82) is 0 Å². The SMILES string of the molecule is CCC(C)CCCCCCCCCCC(=O)OC[C@H](COP(=O)(O)OCC(O)COP(=O)(O)OC[C@@H](COC(=O)CCCCCCCCCCC(C)C)OC(=O)CCCCCCCCCCC(C)CC)OC(=O)CCCCCCCCCCCCCCCCCCCCC(C)C. The van der Waals surface area contributed by atoms with Crippen LogP contribution in [0, 0.1) is 23.7 Å². The second-order valence-electron chi connectivity index (χ2n) is 29.2. The van der Waals surface area contributed by atoms with Crippen molar-refractivity contribution in [2.24, 2.45) is 23.7 Å². The van der Waals surface area contributed by atoms with E-state index in [4.69, 9.17) is 37.0 Å². The van der Waals surface area contributed by atoms with Crippen LogP contribution in [0.15, 0.2) is 0 Å². The zero-order valence-corrected chi connectivity index (χ0v) is 64.8. The first-order chi connectivity index (χ1) is 46.2. The minimum absolute atomic E-state index is 0.104. The van der Waals surface area contributed by atoms with Crippen molar-refractivity contribution in [3.63, 3.8) is 0 Å². The fourth-order valence-electron chi connectivity index (χ4n) is 11.7. The lowest BCUT2D eigenvalue weighted by Crippen LogP contribution is -2.30. The summed E-state index contributed by atoms with van der Waals surface area (Å²) in [7, 11) is -9.91. The Kier molecular flexibility index (Phi) is 65.0. The van der Waals surface area contributed by atoms with E-state index < -0.39 is 97.5 Å². The number of hydrogen-bond acceptors (Lipinski definition) is 15. The van der Waals surface area contributed by atoms with E-state index in [1.807, 2.05) is 0 Å². The Hall–Kier alpha value is -1.94. The quantitative estimate of drug-likeness (QED) is 0.0222. The molecule has 570 valence electrons. The van der Waals surface area contributed by atoms with Crippen LogP contribution in [0.5, 0.6) is 0 Å². The lowest BCUT2D eigenvalue weighted by atomic mass is 9.99. The summed E-state index contributed by atoms with van der Waals surface area (Å²) in [5, 5.41) is 10.6. The fourth-order valence-corrected chi connectivity index (χ4v) is 13.2. The Morgan fingerprint density at radius 1 is 0.292 bits per heavy atom. The van der Waals surface area contributed by atoms with Crippen molar-refractivity contribution in [2.75, 3.05) is 39.6 Å². The number of esters is 4. The zero-order valence-electron chi connectivity index (χ0n) is 63.0. The Bertz CT molecular complexity index is 1890. The minimum Gasteiger partial charge on any atom is -0.462 e. The third kappa shape index (κ3) is 67.9. The van der Waals surface area contributed by atoms with Crippen LogP contribution in [-0.4, -0.2) is 96.7 Å². The van der Waals surface area contributed by atoms with E-state index in [0.29, 0.717) is 25.7 Å². The second-order valence-corrected chi connectivity index (χ2v) is 32.1. The van der Waals surface area contributed by atoms with Crippen LogP contribution in [0.25, 0.3) is 0 Å². The van der Waals surface area contributed by atoms with E-state index in [1.54, 1.807) is 0 Å². The molecule has 0 aromatic carbocycles. The van der Waals surface area contributed by atoms with Gasteiger partial charge in [-0.05, 0) is 49.4 Å². The van der Waals surface area contributed by atoms with Gasteiger partial charge < -0.3 is 33.8 Å². The number of aliphatic hydroxyl groups excluding tert-OH is 1.